The fraction of sp³-hybridized carbons (Fsp3) is 0.314. The Balaban J connectivity index is 0.00000300. The van der Waals surface area contributed by atoms with Crippen molar-refractivity contribution in [3.8, 4) is 5.69 Å². The number of fused-ring (bicyclic) bond motifs is 2. The average Bonchev–Trinajstić information content (AvgIpc) is 3.62. The molecule has 2 amide bonds. The van der Waals surface area contributed by atoms with Crippen LogP contribution in [-0.2, 0) is 11.8 Å². The maximum atomic E-state index is 13.6. The van der Waals surface area contributed by atoms with Crippen molar-refractivity contribution in [2.75, 3.05) is 31.1 Å². The molecule has 1 spiro atoms. The second-order valence-corrected chi connectivity index (χ2v) is 12.1. The van der Waals surface area contributed by atoms with Gasteiger partial charge in [-0.3, -0.25) is 0 Å². The van der Waals surface area contributed by atoms with Crippen LogP contribution < -0.4 is 10.2 Å². The number of rotatable bonds is 3. The molecule has 6 nitrogen and oxygen atoms in total. The van der Waals surface area contributed by atoms with E-state index < -0.39 is 0 Å². The number of amides is 2. The van der Waals surface area contributed by atoms with Crippen molar-refractivity contribution < 1.29 is 10.6 Å². The maximum absolute atomic E-state index is 13.6. The predicted molar refractivity (Wildman–Crippen MR) is 164 cm³/mol. The number of carbonyl (C=O) groups excluding carboxylic acids is 1. The number of nitrogens with zero attached hydrogens (tertiary/aromatic N) is 4. The minimum absolute atomic E-state index is 0. The van der Waals surface area contributed by atoms with E-state index in [-0.39, 0.29) is 24.7 Å². The molecular weight excluding hydrogens is 525 g/mol. The highest BCUT2D eigenvalue weighted by molar-refractivity contribution is 5.76. The van der Waals surface area contributed by atoms with E-state index in [0.29, 0.717) is 5.92 Å². The Bertz CT molecular complexity index is 1680. The molecule has 1 aromatic heterocycles. The van der Waals surface area contributed by atoms with E-state index >= 15 is 0 Å². The van der Waals surface area contributed by atoms with Gasteiger partial charge < -0.3 is 15.1 Å². The summed E-state index contributed by atoms with van der Waals surface area (Å²) < 4.78 is 15.5. The van der Waals surface area contributed by atoms with Crippen LogP contribution in [0.4, 0.5) is 14.9 Å². The molecule has 1 saturated heterocycles. The number of hydrogen-bond acceptors (Lipinski definition) is 3. The molecule has 1 saturated carbocycles. The summed E-state index contributed by atoms with van der Waals surface area (Å²) in [7, 11) is 0. The summed E-state index contributed by atoms with van der Waals surface area (Å²) in [5, 5.41) is 8.19. The first-order valence-corrected chi connectivity index (χ1v) is 15.1. The van der Waals surface area contributed by atoms with Crippen molar-refractivity contribution in [3.63, 3.8) is 0 Å². The van der Waals surface area contributed by atoms with Crippen molar-refractivity contribution in [2.45, 2.75) is 37.1 Å². The number of urea groups is 1. The molecule has 1 N–H and O–H groups in total. The van der Waals surface area contributed by atoms with E-state index in [2.05, 4.69) is 64.8 Å². The van der Waals surface area contributed by atoms with Crippen LogP contribution in [0.5, 0.6) is 0 Å². The molecular formula is C35H36FN5O. The Labute approximate surface area is 246 Å². The number of nitrogens with one attached hydrogen (secondary N) is 1. The Morgan fingerprint density at radius 2 is 1.69 bits per heavy atom. The molecule has 2 fully saturated rings. The fourth-order valence-electron chi connectivity index (χ4n) is 8.06. The zero-order valence-corrected chi connectivity index (χ0v) is 23.5. The molecule has 8 rings (SSSR count). The molecule has 1 aliphatic heterocycles. The van der Waals surface area contributed by atoms with Crippen LogP contribution in [0.3, 0.4) is 0 Å². The van der Waals surface area contributed by atoms with Crippen LogP contribution in [0.15, 0.2) is 90.6 Å². The molecule has 0 radical (unpaired) electrons. The SMILES string of the molecule is O=C(NC1C[C@H]2CCC3=Cc4c(cnn4-c4ccc(F)cc4)C[C@@]32c2ccccc21)N1CCN(c2ccccc2)CC1.[HH]. The lowest BCUT2D eigenvalue weighted by Gasteiger charge is -2.47. The summed E-state index contributed by atoms with van der Waals surface area (Å²) in [5.41, 5.74) is 8.40. The summed E-state index contributed by atoms with van der Waals surface area (Å²) in [4.78, 5) is 17.9. The fourth-order valence-corrected chi connectivity index (χ4v) is 8.06. The Morgan fingerprint density at radius 3 is 2.50 bits per heavy atom. The van der Waals surface area contributed by atoms with Gasteiger partial charge in [-0.15, -0.1) is 0 Å². The Morgan fingerprint density at radius 1 is 0.929 bits per heavy atom. The third-order valence-corrected chi connectivity index (χ3v) is 10.1. The summed E-state index contributed by atoms with van der Waals surface area (Å²) in [5.74, 6) is 0.201. The number of aromatic nitrogens is 2. The lowest BCUT2D eigenvalue weighted by Crippen LogP contribution is -2.53. The number of benzene rings is 3. The van der Waals surface area contributed by atoms with E-state index in [0.717, 1.165) is 63.2 Å². The molecule has 1 unspecified atom stereocenters. The van der Waals surface area contributed by atoms with E-state index in [1.807, 2.05) is 21.8 Å². The topological polar surface area (TPSA) is 53.4 Å². The number of piperazine rings is 1. The quantitative estimate of drug-likeness (QED) is 0.310. The van der Waals surface area contributed by atoms with Gasteiger partial charge in [-0.2, -0.15) is 5.10 Å². The number of allylic oxidation sites excluding steroid dienone is 1. The third kappa shape index (κ3) is 3.97. The second kappa shape index (κ2) is 9.86. The zero-order valence-electron chi connectivity index (χ0n) is 23.5. The maximum Gasteiger partial charge on any atom is 0.318 e. The van der Waals surface area contributed by atoms with E-state index in [1.54, 1.807) is 12.1 Å². The highest BCUT2D eigenvalue weighted by Gasteiger charge is 2.54. The van der Waals surface area contributed by atoms with Gasteiger partial charge in [0.15, 0.2) is 0 Å². The van der Waals surface area contributed by atoms with Crippen LogP contribution in [0.2, 0.25) is 0 Å². The van der Waals surface area contributed by atoms with Gasteiger partial charge in [0.05, 0.1) is 23.6 Å². The third-order valence-electron chi connectivity index (χ3n) is 10.1. The molecule has 2 heterocycles. The molecule has 214 valence electrons. The van der Waals surface area contributed by atoms with Crippen molar-refractivity contribution in [2.24, 2.45) is 5.92 Å². The monoisotopic (exact) mass is 561 g/mol. The van der Waals surface area contributed by atoms with Gasteiger partial charge in [-0.1, -0.05) is 48.0 Å². The molecule has 4 aromatic rings. The number of hydrogen-bond donors (Lipinski definition) is 1. The average molecular weight is 562 g/mol. The normalized spacial score (nSPS) is 24.3. The van der Waals surface area contributed by atoms with Crippen LogP contribution >= 0.6 is 0 Å². The van der Waals surface area contributed by atoms with Crippen LogP contribution in [-0.4, -0.2) is 46.9 Å². The van der Waals surface area contributed by atoms with Crippen molar-refractivity contribution >= 4 is 17.8 Å². The molecule has 0 bridgehead atoms. The van der Waals surface area contributed by atoms with Gasteiger partial charge in [0.2, 0.25) is 0 Å². The number of para-hydroxylation sites is 1. The Hall–Kier alpha value is -4.39. The van der Waals surface area contributed by atoms with Crippen LogP contribution in [0, 0.1) is 11.7 Å². The van der Waals surface area contributed by atoms with Gasteiger partial charge in [-0.05, 0) is 90.8 Å². The minimum Gasteiger partial charge on any atom is -0.368 e. The molecule has 3 aliphatic carbocycles. The second-order valence-electron chi connectivity index (χ2n) is 12.1. The largest absolute Gasteiger partial charge is 0.368 e. The van der Waals surface area contributed by atoms with Crippen LogP contribution in [0.1, 0.15) is 49.1 Å². The highest BCUT2D eigenvalue weighted by Crippen LogP contribution is 2.60. The number of anilines is 1. The summed E-state index contributed by atoms with van der Waals surface area (Å²) in [6.07, 6.45) is 8.31. The van der Waals surface area contributed by atoms with Crippen molar-refractivity contribution in [1.82, 2.24) is 20.0 Å². The predicted octanol–water partition coefficient (Wildman–Crippen LogP) is 6.52. The van der Waals surface area contributed by atoms with Gasteiger partial charge in [-0.25, -0.2) is 13.9 Å². The van der Waals surface area contributed by atoms with Gasteiger partial charge in [0.25, 0.3) is 0 Å². The van der Waals surface area contributed by atoms with Crippen molar-refractivity contribution in [1.29, 1.82) is 0 Å². The molecule has 42 heavy (non-hydrogen) atoms. The van der Waals surface area contributed by atoms with Gasteiger partial charge >= 0.3 is 6.03 Å². The van der Waals surface area contributed by atoms with Crippen molar-refractivity contribution in [3.05, 3.63) is 119 Å². The smallest absolute Gasteiger partial charge is 0.318 e. The standard InChI is InChI=1S/C35H34FN5O.H2/c36-27-12-14-29(15-13-27)41-33-21-26-11-10-25-20-32(30-8-4-5-9-31(30)35(25,26)22-24(33)23-37-41)38-34(42)40-18-16-39(17-19-40)28-6-2-1-3-7-28;/h1-9,12-15,21,23,25,32H,10-11,16-20,22H2,(H,38,42);1H/t25-,32?,35+;/m1./s1. The molecule has 4 aliphatic rings. The van der Waals surface area contributed by atoms with E-state index in [4.69, 9.17) is 5.10 Å². The molecule has 3 aromatic carbocycles. The number of halogens is 1. The first-order valence-electron chi connectivity index (χ1n) is 15.1. The molecule has 3 atom stereocenters. The highest BCUT2D eigenvalue weighted by atomic mass is 19.1. The summed E-state index contributed by atoms with van der Waals surface area (Å²) in [6.45, 7) is 3.12. The minimum atomic E-state index is -0.245. The van der Waals surface area contributed by atoms with E-state index in [1.165, 1.54) is 40.1 Å². The lowest BCUT2D eigenvalue weighted by atomic mass is 9.58. The molecule has 7 heteroatoms. The number of carbonyl (C=O) groups is 1. The zero-order chi connectivity index (χ0) is 28.3. The van der Waals surface area contributed by atoms with E-state index in [9.17, 15) is 9.18 Å². The lowest BCUT2D eigenvalue weighted by molar-refractivity contribution is 0.182. The van der Waals surface area contributed by atoms with Gasteiger partial charge in [0, 0.05) is 38.7 Å². The first-order chi connectivity index (χ1) is 20.6. The summed E-state index contributed by atoms with van der Waals surface area (Å²) in [6, 6.07) is 25.8. The Kier molecular flexibility index (Phi) is 5.95. The first kappa shape index (κ1) is 25.3. The van der Waals surface area contributed by atoms with Crippen LogP contribution in [0.25, 0.3) is 11.8 Å². The summed E-state index contributed by atoms with van der Waals surface area (Å²) >= 11 is 0. The van der Waals surface area contributed by atoms with Gasteiger partial charge in [0.1, 0.15) is 5.82 Å².